The first-order valence-corrected chi connectivity index (χ1v) is 1.06. The van der Waals surface area contributed by atoms with E-state index in [1.54, 1.807) is 0 Å². The van der Waals surface area contributed by atoms with Crippen LogP contribution in [0.1, 0.15) is 1.43 Å². The SMILES string of the molecule is CO.O.O=C=O.[C-]#[O+].[HH]. The molecule has 0 aromatic carbocycles. The van der Waals surface area contributed by atoms with Crippen molar-refractivity contribution in [2.45, 2.75) is 0 Å². The molecule has 0 aliphatic heterocycles. The normalized spacial score (nSPS) is 2.00. The van der Waals surface area contributed by atoms with Gasteiger partial charge in [0.05, 0.1) is 0 Å². The summed E-state index contributed by atoms with van der Waals surface area (Å²) < 4.78 is 7.50. The van der Waals surface area contributed by atoms with E-state index in [-0.39, 0.29) is 13.1 Å². The zero-order valence-electron chi connectivity index (χ0n) is 4.17. The van der Waals surface area contributed by atoms with Gasteiger partial charge in [-0.15, -0.1) is 0 Å². The topological polar surface area (TPSA) is 106 Å². The summed E-state index contributed by atoms with van der Waals surface area (Å²) in [5.74, 6) is 0. The number of hydrogen-bond donors (Lipinski definition) is 1. The molecule has 3 N–H and O–H groups in total. The number of rotatable bonds is 0. The van der Waals surface area contributed by atoms with Crippen LogP contribution >= 0.6 is 0 Å². The van der Waals surface area contributed by atoms with Gasteiger partial charge in [-0.3, -0.25) is 0 Å². The van der Waals surface area contributed by atoms with Gasteiger partial charge in [0.25, 0.3) is 0 Å². The third-order valence-electron chi connectivity index (χ3n) is 0. The third kappa shape index (κ3) is 89.3. The molecule has 5 heteroatoms. The van der Waals surface area contributed by atoms with Gasteiger partial charge < -0.3 is 10.6 Å². The molecule has 0 unspecified atom stereocenters. The third-order valence-corrected chi connectivity index (χ3v) is 0. The molecule has 50 valence electrons. The summed E-state index contributed by atoms with van der Waals surface area (Å²) in [5.41, 5.74) is 0. The van der Waals surface area contributed by atoms with Crippen molar-refractivity contribution in [3.63, 3.8) is 0 Å². The van der Waals surface area contributed by atoms with Crippen LogP contribution in [0, 0.1) is 6.65 Å². The average Bonchev–Trinajstić information content (AvgIpc) is 1.78. The van der Waals surface area contributed by atoms with Crippen molar-refractivity contribution >= 4 is 6.15 Å². The summed E-state index contributed by atoms with van der Waals surface area (Å²) in [6.07, 6.45) is 0.250. The molecule has 0 radical (unpaired) electrons. The van der Waals surface area contributed by atoms with Crippen LogP contribution in [-0.4, -0.2) is 23.8 Å². The number of carbonyl (C=O) groups excluding carboxylic acids is 2. The van der Waals surface area contributed by atoms with Gasteiger partial charge >= 0.3 is 17.5 Å². The van der Waals surface area contributed by atoms with Crippen LogP contribution in [0.5, 0.6) is 0 Å². The monoisotopic (exact) mass is 124 g/mol. The Labute approximate surface area is 47.4 Å². The van der Waals surface area contributed by atoms with Crippen LogP contribution in [0.15, 0.2) is 0 Å². The maximum Gasteiger partial charge on any atom is 0 e. The minimum atomic E-state index is 0. The van der Waals surface area contributed by atoms with Gasteiger partial charge in [0, 0.05) is 8.54 Å². The van der Waals surface area contributed by atoms with Gasteiger partial charge in [-0.05, 0) is 0 Å². The summed E-state index contributed by atoms with van der Waals surface area (Å²) in [6.45, 7) is 4.50. The average molecular weight is 124 g/mol. The molecule has 5 nitrogen and oxygen atoms in total. The zero-order valence-corrected chi connectivity index (χ0v) is 4.17. The Morgan fingerprint density at radius 2 is 1.50 bits per heavy atom. The van der Waals surface area contributed by atoms with Gasteiger partial charge in [-0.1, -0.05) is 0 Å². The molecule has 0 bridgehead atoms. The van der Waals surface area contributed by atoms with Crippen LogP contribution in [0.2, 0.25) is 0 Å². The van der Waals surface area contributed by atoms with Crippen LogP contribution in [-0.2, 0) is 14.2 Å². The molecule has 8 heavy (non-hydrogen) atoms. The summed E-state index contributed by atoms with van der Waals surface area (Å²) >= 11 is 0. The Balaban J connectivity index is -0.00000000825. The fraction of sp³-hybridized carbons (Fsp3) is 0.333. The van der Waals surface area contributed by atoms with Crippen LogP contribution in [0.3, 0.4) is 0 Å². The van der Waals surface area contributed by atoms with E-state index in [0.717, 1.165) is 7.11 Å². The molecular weight excluding hydrogens is 116 g/mol. The summed E-state index contributed by atoms with van der Waals surface area (Å²) in [6, 6.07) is 0. The van der Waals surface area contributed by atoms with Gasteiger partial charge in [0.2, 0.25) is 0 Å². The summed E-state index contributed by atoms with van der Waals surface area (Å²) in [7, 11) is 1.00. The molecule has 0 saturated carbocycles. The molecule has 0 aromatic rings. The van der Waals surface area contributed by atoms with Crippen molar-refractivity contribution in [2.24, 2.45) is 0 Å². The van der Waals surface area contributed by atoms with E-state index in [4.69, 9.17) is 19.3 Å². The molecule has 0 aliphatic carbocycles. The van der Waals surface area contributed by atoms with Gasteiger partial charge in [-0.2, -0.15) is 9.59 Å². The van der Waals surface area contributed by atoms with Crippen LogP contribution in [0.4, 0.5) is 0 Å². The number of aliphatic hydroxyl groups excluding tert-OH is 1. The van der Waals surface area contributed by atoms with E-state index >= 15 is 0 Å². The standard InChI is InChI=1S/CO2.CH4O.CO.H2O.H2/c2-1-3;2*1-2;;/h;2H,1H3;;1H2;1H. The maximum atomic E-state index is 8.12. The fourth-order valence-electron chi connectivity index (χ4n) is 0. The van der Waals surface area contributed by atoms with E-state index in [0.29, 0.717) is 0 Å². The molecule has 0 rings (SSSR count). The van der Waals surface area contributed by atoms with Crippen molar-refractivity contribution in [3.8, 4) is 0 Å². The Kier molecular flexibility index (Phi) is 333000. The van der Waals surface area contributed by atoms with Gasteiger partial charge in [0.15, 0.2) is 0 Å². The van der Waals surface area contributed by atoms with Crippen molar-refractivity contribution in [1.82, 2.24) is 0 Å². The zero-order chi connectivity index (χ0) is 6.71. The van der Waals surface area contributed by atoms with Crippen LogP contribution < -0.4 is 0 Å². The Morgan fingerprint density at radius 3 is 1.50 bits per heavy atom. The molecule has 0 atom stereocenters. The second kappa shape index (κ2) is 95900. The smallest absolute Gasteiger partial charge is 0 e. The molecule has 0 fully saturated rings. The molecule has 0 heterocycles. The van der Waals surface area contributed by atoms with E-state index in [1.165, 1.54) is 0 Å². The molecular formula is C3H8O5. The molecule has 0 amide bonds. The van der Waals surface area contributed by atoms with Crippen molar-refractivity contribution < 1.29 is 26.3 Å². The fourth-order valence-corrected chi connectivity index (χ4v) is 0. The van der Waals surface area contributed by atoms with E-state index < -0.39 is 0 Å². The van der Waals surface area contributed by atoms with Gasteiger partial charge in [-0.25, -0.2) is 0 Å². The molecule has 0 saturated heterocycles. The molecule has 0 aliphatic rings. The van der Waals surface area contributed by atoms with Crippen molar-refractivity contribution in [2.75, 3.05) is 7.11 Å². The first-order valence-electron chi connectivity index (χ1n) is 1.06. The van der Waals surface area contributed by atoms with Crippen molar-refractivity contribution in [3.05, 3.63) is 6.65 Å². The van der Waals surface area contributed by atoms with Gasteiger partial charge in [0.1, 0.15) is 0 Å². The number of hydrogen-bond acceptors (Lipinski definition) is 3. The summed E-state index contributed by atoms with van der Waals surface area (Å²) in [5, 5.41) is 7.00. The van der Waals surface area contributed by atoms with E-state index in [9.17, 15) is 0 Å². The van der Waals surface area contributed by atoms with Crippen molar-refractivity contribution in [1.29, 1.82) is 0 Å². The first-order chi connectivity index (χ1) is 3.41. The minimum Gasteiger partial charge on any atom is 0 e. The van der Waals surface area contributed by atoms with E-state index in [2.05, 4.69) is 6.65 Å². The molecule has 0 spiro atoms. The Bertz CT molecular complexity index is 54.5. The predicted molar refractivity (Wildman–Crippen MR) is 22.8 cm³/mol. The second-order valence-electron chi connectivity index (χ2n) is 0.0833. The summed E-state index contributed by atoms with van der Waals surface area (Å²) in [4.78, 5) is 16.2. The Hall–Kier alpha value is -0.960. The second-order valence-corrected chi connectivity index (χ2v) is 0.0833. The van der Waals surface area contributed by atoms with E-state index in [1.807, 2.05) is 0 Å². The quantitative estimate of drug-likeness (QED) is 0.310. The molecule has 0 aromatic heterocycles. The minimum absolute atomic E-state index is 0. The largest absolute Gasteiger partial charge is 0 e. The first kappa shape index (κ1) is 27.8. The predicted octanol–water partition coefficient (Wildman–Crippen LogP) is -1.59. The number of aliphatic hydroxyl groups is 1. The Morgan fingerprint density at radius 1 is 1.50 bits per heavy atom. The van der Waals surface area contributed by atoms with Crippen LogP contribution in [0.25, 0.3) is 0 Å². The maximum absolute atomic E-state index is 8.12.